The molecule has 1 rings (SSSR count). The van der Waals surface area contributed by atoms with Gasteiger partial charge in [0.15, 0.2) is 6.61 Å². The Bertz CT molecular complexity index is 491. The van der Waals surface area contributed by atoms with Crippen LogP contribution in [0.15, 0.2) is 18.2 Å². The van der Waals surface area contributed by atoms with Crippen LogP contribution in [0.1, 0.15) is 37.0 Å². The molecule has 1 aromatic carbocycles. The van der Waals surface area contributed by atoms with Crippen molar-refractivity contribution < 1.29 is 14.3 Å². The molecule has 6 heteroatoms. The zero-order valence-electron chi connectivity index (χ0n) is 11.6. The number of anilines is 1. The van der Waals surface area contributed by atoms with Crippen molar-refractivity contribution in [3.8, 4) is 0 Å². The molecule has 3 N–H and O–H groups in total. The number of ether oxygens (including phenoxy) is 1. The van der Waals surface area contributed by atoms with Crippen LogP contribution in [0.3, 0.4) is 0 Å². The fourth-order valence-electron chi connectivity index (χ4n) is 1.75. The maximum atomic E-state index is 11.8. The van der Waals surface area contributed by atoms with E-state index >= 15 is 0 Å². The Kier molecular flexibility index (Phi) is 6.31. The lowest BCUT2D eigenvalue weighted by atomic mass is 10.2. The second-order valence-corrected chi connectivity index (χ2v) is 5.00. The number of nitrogens with two attached hydrogens (primary N) is 1. The van der Waals surface area contributed by atoms with E-state index in [4.69, 9.17) is 22.1 Å². The first-order valence-electron chi connectivity index (χ1n) is 6.45. The van der Waals surface area contributed by atoms with Gasteiger partial charge < -0.3 is 15.8 Å². The first kappa shape index (κ1) is 16.3. The molecule has 0 unspecified atom stereocenters. The first-order valence-corrected chi connectivity index (χ1v) is 6.83. The number of rotatable bonds is 6. The predicted octanol–water partition coefficient (Wildman–Crippen LogP) is 2.38. The topological polar surface area (TPSA) is 81.4 Å². The highest BCUT2D eigenvalue weighted by Crippen LogP contribution is 2.18. The van der Waals surface area contributed by atoms with Gasteiger partial charge in [0.05, 0.1) is 5.56 Å². The SMILES string of the molecule is CCC[C@H](C)NC(=O)COC(=O)c1ccc(Cl)cc1N. The largest absolute Gasteiger partial charge is 0.452 e. The first-order chi connectivity index (χ1) is 9.43. The number of hydrogen-bond acceptors (Lipinski definition) is 4. The second-order valence-electron chi connectivity index (χ2n) is 4.56. The van der Waals surface area contributed by atoms with E-state index in [9.17, 15) is 9.59 Å². The number of halogens is 1. The maximum Gasteiger partial charge on any atom is 0.340 e. The quantitative estimate of drug-likeness (QED) is 0.624. The number of nitrogen functional groups attached to an aromatic ring is 1. The Hall–Kier alpha value is -1.75. The van der Waals surface area contributed by atoms with Crippen LogP contribution in [0.5, 0.6) is 0 Å². The van der Waals surface area contributed by atoms with Crippen molar-refractivity contribution in [2.24, 2.45) is 0 Å². The maximum absolute atomic E-state index is 11.8. The molecule has 0 fully saturated rings. The molecule has 0 aromatic heterocycles. The number of carbonyl (C=O) groups is 2. The van der Waals surface area contributed by atoms with E-state index in [0.717, 1.165) is 12.8 Å². The molecule has 1 aromatic rings. The molecule has 5 nitrogen and oxygen atoms in total. The summed E-state index contributed by atoms with van der Waals surface area (Å²) in [5.74, 6) is -0.968. The summed E-state index contributed by atoms with van der Waals surface area (Å²) in [6, 6.07) is 4.53. The zero-order valence-corrected chi connectivity index (χ0v) is 12.4. The van der Waals surface area contributed by atoms with E-state index in [1.807, 2.05) is 13.8 Å². The molecule has 0 spiro atoms. The Morgan fingerprint density at radius 3 is 2.75 bits per heavy atom. The molecular weight excluding hydrogens is 280 g/mol. The highest BCUT2D eigenvalue weighted by Gasteiger charge is 2.14. The summed E-state index contributed by atoms with van der Waals surface area (Å²) in [5.41, 5.74) is 6.09. The highest BCUT2D eigenvalue weighted by atomic mass is 35.5. The van der Waals surface area contributed by atoms with Gasteiger partial charge in [-0.25, -0.2) is 4.79 Å². The molecular formula is C14H19ClN2O3. The van der Waals surface area contributed by atoms with Gasteiger partial charge in [0.1, 0.15) is 0 Å². The summed E-state index contributed by atoms with van der Waals surface area (Å²) in [7, 11) is 0. The van der Waals surface area contributed by atoms with E-state index in [1.165, 1.54) is 18.2 Å². The zero-order chi connectivity index (χ0) is 15.1. The molecule has 1 amide bonds. The summed E-state index contributed by atoms with van der Waals surface area (Å²) < 4.78 is 4.92. The van der Waals surface area contributed by atoms with E-state index in [-0.39, 0.29) is 29.8 Å². The van der Waals surface area contributed by atoms with Gasteiger partial charge in [-0.15, -0.1) is 0 Å². The van der Waals surface area contributed by atoms with Crippen molar-refractivity contribution in [3.05, 3.63) is 28.8 Å². The third-order valence-electron chi connectivity index (χ3n) is 2.70. The lowest BCUT2D eigenvalue weighted by Crippen LogP contribution is -2.35. The third kappa shape index (κ3) is 5.09. The lowest BCUT2D eigenvalue weighted by Gasteiger charge is -2.13. The molecule has 110 valence electrons. The summed E-state index contributed by atoms with van der Waals surface area (Å²) in [5, 5.41) is 3.18. The number of hydrogen-bond donors (Lipinski definition) is 2. The molecule has 0 saturated carbocycles. The average molecular weight is 299 g/mol. The van der Waals surface area contributed by atoms with Crippen LogP contribution in [-0.4, -0.2) is 24.5 Å². The summed E-state index contributed by atoms with van der Waals surface area (Å²) in [4.78, 5) is 23.3. The van der Waals surface area contributed by atoms with Gasteiger partial charge in [-0.2, -0.15) is 0 Å². The number of esters is 1. The Balaban J connectivity index is 2.49. The molecule has 0 bridgehead atoms. The van der Waals surface area contributed by atoms with E-state index in [2.05, 4.69) is 5.32 Å². The van der Waals surface area contributed by atoms with Crippen LogP contribution < -0.4 is 11.1 Å². The lowest BCUT2D eigenvalue weighted by molar-refractivity contribution is -0.124. The molecule has 0 aliphatic rings. The predicted molar refractivity (Wildman–Crippen MR) is 78.7 cm³/mol. The minimum atomic E-state index is -0.641. The number of amides is 1. The molecule has 0 radical (unpaired) electrons. The van der Waals surface area contributed by atoms with Crippen molar-refractivity contribution in [1.29, 1.82) is 0 Å². The van der Waals surface area contributed by atoms with Crippen molar-refractivity contribution >= 4 is 29.2 Å². The molecule has 0 aliphatic heterocycles. The summed E-state index contributed by atoms with van der Waals surface area (Å²) >= 11 is 5.74. The standard InChI is InChI=1S/C14H19ClN2O3/c1-3-4-9(2)17-13(18)8-20-14(19)11-6-5-10(15)7-12(11)16/h5-7,9H,3-4,8,16H2,1-2H3,(H,17,18)/t9-/m0/s1. The molecule has 0 saturated heterocycles. The van der Waals surface area contributed by atoms with Gasteiger partial charge in [0, 0.05) is 16.8 Å². The van der Waals surface area contributed by atoms with E-state index in [1.54, 1.807) is 0 Å². The third-order valence-corrected chi connectivity index (χ3v) is 2.93. The van der Waals surface area contributed by atoms with Crippen LogP contribution in [-0.2, 0) is 9.53 Å². The Morgan fingerprint density at radius 2 is 2.15 bits per heavy atom. The van der Waals surface area contributed by atoms with Gasteiger partial charge in [-0.1, -0.05) is 24.9 Å². The van der Waals surface area contributed by atoms with Gasteiger partial charge >= 0.3 is 5.97 Å². The van der Waals surface area contributed by atoms with Crippen molar-refractivity contribution in [2.75, 3.05) is 12.3 Å². The smallest absolute Gasteiger partial charge is 0.340 e. The van der Waals surface area contributed by atoms with Gasteiger partial charge in [0.2, 0.25) is 0 Å². The fourth-order valence-corrected chi connectivity index (χ4v) is 1.93. The monoisotopic (exact) mass is 298 g/mol. The molecule has 0 heterocycles. The van der Waals surface area contributed by atoms with Crippen LogP contribution in [0.2, 0.25) is 5.02 Å². The minimum absolute atomic E-state index is 0.0619. The normalized spacial score (nSPS) is 11.8. The average Bonchev–Trinajstić information content (AvgIpc) is 2.36. The van der Waals surface area contributed by atoms with E-state index in [0.29, 0.717) is 5.02 Å². The fraction of sp³-hybridized carbons (Fsp3) is 0.429. The Labute approximate surface area is 123 Å². The number of carbonyl (C=O) groups excluding carboxylic acids is 2. The number of benzene rings is 1. The van der Waals surface area contributed by atoms with Crippen molar-refractivity contribution in [1.82, 2.24) is 5.32 Å². The van der Waals surface area contributed by atoms with Crippen LogP contribution in [0.4, 0.5) is 5.69 Å². The molecule has 1 atom stereocenters. The van der Waals surface area contributed by atoms with Gasteiger partial charge in [0.25, 0.3) is 5.91 Å². The number of nitrogens with one attached hydrogen (secondary N) is 1. The van der Waals surface area contributed by atoms with Crippen molar-refractivity contribution in [2.45, 2.75) is 32.7 Å². The molecule has 20 heavy (non-hydrogen) atoms. The van der Waals surface area contributed by atoms with Gasteiger partial charge in [-0.3, -0.25) is 4.79 Å². The van der Waals surface area contributed by atoms with Crippen LogP contribution >= 0.6 is 11.6 Å². The minimum Gasteiger partial charge on any atom is -0.452 e. The summed E-state index contributed by atoms with van der Waals surface area (Å²) in [6.45, 7) is 3.61. The summed E-state index contributed by atoms with van der Waals surface area (Å²) in [6.07, 6.45) is 1.85. The highest BCUT2D eigenvalue weighted by molar-refractivity contribution is 6.31. The second kappa shape index (κ2) is 7.75. The van der Waals surface area contributed by atoms with Gasteiger partial charge in [-0.05, 0) is 31.5 Å². The van der Waals surface area contributed by atoms with Crippen molar-refractivity contribution in [3.63, 3.8) is 0 Å². The Morgan fingerprint density at radius 1 is 1.45 bits per heavy atom. The molecule has 0 aliphatic carbocycles. The van der Waals surface area contributed by atoms with Crippen LogP contribution in [0.25, 0.3) is 0 Å². The van der Waals surface area contributed by atoms with Crippen LogP contribution in [0, 0.1) is 0 Å². The van der Waals surface area contributed by atoms with E-state index < -0.39 is 5.97 Å².